The van der Waals surface area contributed by atoms with E-state index < -0.39 is 18.2 Å². The lowest BCUT2D eigenvalue weighted by Gasteiger charge is -2.43. The quantitative estimate of drug-likeness (QED) is 0.117. The minimum atomic E-state index is -0.789. The highest BCUT2D eigenvalue weighted by Gasteiger charge is 2.47. The first-order chi connectivity index (χ1) is 20.7. The molecule has 3 unspecified atom stereocenters. The zero-order chi connectivity index (χ0) is 32.4. The van der Waals surface area contributed by atoms with Crippen LogP contribution in [0.5, 0.6) is 0 Å². The molecular weight excluding hydrogens is 565 g/mol. The predicted octanol–water partition coefficient (Wildman–Crippen LogP) is 7.74. The summed E-state index contributed by atoms with van der Waals surface area (Å²) >= 11 is 1.34. The highest BCUT2D eigenvalue weighted by Crippen LogP contribution is 2.49. The number of carbonyl (C=O) groups excluding carboxylic acids is 2. The first kappa shape index (κ1) is 37.1. The number of nitrogens with zero attached hydrogens (tertiary/aromatic N) is 1. The van der Waals surface area contributed by atoms with Gasteiger partial charge in [-0.05, 0) is 57.4 Å². The number of hydrogen-bond donors (Lipinski definition) is 4. The molecular formula is C33H46FN5O3S. The standard InChI is InChI=1S/C28H33FN4OS.C3H7NO2.C2H6/c1-5-10-19(11-6-2)22(14-9-15-29)24-18-35-27(32-24)33-26(34)28(3)16-20(17-30)21-12-7-8-13-23(21)25(28)31-4;1-2-6-3(4)5;1-2/h5-9,11-14,17-18,20,25,30-31H,1,10,15-16H2,2-4H3,(H,32,33,34);2H2,1H3,(H2,4,5);1-2H3/b11-6-,14-9-,22-19-,30-17?;;. The molecule has 1 aliphatic rings. The van der Waals surface area contributed by atoms with Crippen LogP contribution in [0.1, 0.15) is 76.2 Å². The number of ether oxygens (including phenoxy) is 1. The van der Waals surface area contributed by atoms with Crippen molar-refractivity contribution in [2.24, 2.45) is 11.1 Å². The van der Waals surface area contributed by atoms with Crippen LogP contribution in [0, 0.1) is 10.8 Å². The van der Waals surface area contributed by atoms with Gasteiger partial charge < -0.3 is 26.5 Å². The maximum atomic E-state index is 13.7. The molecule has 8 nitrogen and oxygen atoms in total. The Kier molecular flexibility index (Phi) is 16.7. The van der Waals surface area contributed by atoms with E-state index in [2.05, 4.69) is 32.7 Å². The highest BCUT2D eigenvalue weighted by molar-refractivity contribution is 7.14. The Morgan fingerprint density at radius 3 is 2.47 bits per heavy atom. The van der Waals surface area contributed by atoms with E-state index >= 15 is 0 Å². The number of hydrogen-bond acceptors (Lipinski definition) is 7. The van der Waals surface area contributed by atoms with E-state index in [4.69, 9.17) is 5.41 Å². The van der Waals surface area contributed by atoms with Gasteiger partial charge in [0.05, 0.1) is 17.7 Å². The molecule has 2 aromatic rings. The molecule has 0 aliphatic heterocycles. The number of nitrogens with one attached hydrogen (secondary N) is 3. The fourth-order valence-corrected chi connectivity index (χ4v) is 5.67. The Labute approximate surface area is 259 Å². The van der Waals surface area contributed by atoms with Gasteiger partial charge in [-0.25, -0.2) is 14.2 Å². The normalized spacial score (nSPS) is 19.6. The molecule has 0 saturated carbocycles. The second-order valence-electron chi connectivity index (χ2n) is 9.48. The van der Waals surface area contributed by atoms with Gasteiger partial charge in [-0.3, -0.25) is 4.79 Å². The molecule has 1 aliphatic carbocycles. The second kappa shape index (κ2) is 19.3. The van der Waals surface area contributed by atoms with Crippen molar-refractivity contribution in [3.8, 4) is 0 Å². The van der Waals surface area contributed by atoms with E-state index in [1.165, 1.54) is 23.6 Å². The lowest BCUT2D eigenvalue weighted by atomic mass is 9.64. The van der Waals surface area contributed by atoms with Crippen LogP contribution in [-0.2, 0) is 9.53 Å². The summed E-state index contributed by atoms with van der Waals surface area (Å²) in [5, 5.41) is 16.7. The molecule has 5 N–H and O–H groups in total. The summed E-state index contributed by atoms with van der Waals surface area (Å²) in [7, 11) is 1.86. The number of rotatable bonds is 11. The van der Waals surface area contributed by atoms with Gasteiger partial charge >= 0.3 is 6.09 Å². The fourth-order valence-electron chi connectivity index (χ4n) is 4.97. The number of fused-ring (bicyclic) bond motifs is 1. The van der Waals surface area contributed by atoms with E-state index in [1.807, 2.05) is 76.5 Å². The number of carbonyl (C=O) groups is 2. The van der Waals surface area contributed by atoms with Crippen molar-refractivity contribution in [1.82, 2.24) is 10.3 Å². The first-order valence-corrected chi connectivity index (χ1v) is 15.2. The minimum Gasteiger partial charge on any atom is -0.450 e. The average Bonchev–Trinajstić information content (AvgIpc) is 3.46. The Balaban J connectivity index is 0.00000103. The van der Waals surface area contributed by atoms with Crippen LogP contribution < -0.4 is 16.4 Å². The number of alkyl halides is 1. The summed E-state index contributed by atoms with van der Waals surface area (Å²) in [6.45, 7) is 13.2. The predicted molar refractivity (Wildman–Crippen MR) is 177 cm³/mol. The number of aromatic nitrogens is 1. The molecule has 3 rings (SSSR count). The van der Waals surface area contributed by atoms with Gasteiger partial charge in [0.25, 0.3) is 0 Å². The Morgan fingerprint density at radius 2 is 1.95 bits per heavy atom. The van der Waals surface area contributed by atoms with Crippen molar-refractivity contribution in [2.75, 3.05) is 25.6 Å². The number of anilines is 1. The summed E-state index contributed by atoms with van der Waals surface area (Å²) in [6, 6.07) is 7.79. The maximum Gasteiger partial charge on any atom is 0.404 e. The van der Waals surface area contributed by atoms with Crippen LogP contribution >= 0.6 is 11.3 Å². The Hall–Kier alpha value is -3.89. The number of nitrogens with two attached hydrogens (primary N) is 1. The third kappa shape index (κ3) is 10.1. The summed E-state index contributed by atoms with van der Waals surface area (Å²) < 4.78 is 17.1. The maximum absolute atomic E-state index is 13.7. The van der Waals surface area contributed by atoms with Crippen molar-refractivity contribution in [3.63, 3.8) is 0 Å². The van der Waals surface area contributed by atoms with Gasteiger partial charge in [0, 0.05) is 29.1 Å². The third-order valence-electron chi connectivity index (χ3n) is 6.74. The number of amides is 2. The van der Waals surface area contributed by atoms with Gasteiger partial charge in [0.2, 0.25) is 5.91 Å². The zero-order valence-electron chi connectivity index (χ0n) is 26.1. The summed E-state index contributed by atoms with van der Waals surface area (Å²) in [5.74, 6) is -0.287. The molecule has 0 saturated heterocycles. The molecule has 1 aromatic carbocycles. The van der Waals surface area contributed by atoms with Crippen molar-refractivity contribution in [3.05, 3.63) is 89.0 Å². The van der Waals surface area contributed by atoms with Crippen LogP contribution in [0.25, 0.3) is 5.57 Å². The van der Waals surface area contributed by atoms with E-state index in [1.54, 1.807) is 19.1 Å². The number of benzene rings is 1. The lowest BCUT2D eigenvalue weighted by molar-refractivity contribution is -0.127. The van der Waals surface area contributed by atoms with E-state index in [9.17, 15) is 14.0 Å². The molecule has 1 aromatic heterocycles. The Bertz CT molecular complexity index is 1300. The lowest BCUT2D eigenvalue weighted by Crippen LogP contribution is -2.47. The molecule has 0 fully saturated rings. The van der Waals surface area contributed by atoms with Gasteiger partial charge in [-0.1, -0.05) is 68.5 Å². The zero-order valence-corrected chi connectivity index (χ0v) is 26.9. The number of thiazole rings is 1. The average molecular weight is 612 g/mol. The smallest absolute Gasteiger partial charge is 0.404 e. The topological polar surface area (TPSA) is 130 Å². The summed E-state index contributed by atoms with van der Waals surface area (Å²) in [6.07, 6.45) is 10.7. The van der Waals surface area contributed by atoms with Gasteiger partial charge in [0.15, 0.2) is 5.13 Å². The highest BCUT2D eigenvalue weighted by atomic mass is 32.1. The molecule has 43 heavy (non-hydrogen) atoms. The number of primary amides is 1. The van der Waals surface area contributed by atoms with Crippen molar-refractivity contribution >= 4 is 40.3 Å². The van der Waals surface area contributed by atoms with Gasteiger partial charge in [0.1, 0.15) is 6.67 Å². The fraction of sp³-hybridized carbons (Fsp3) is 0.394. The largest absolute Gasteiger partial charge is 0.450 e. The molecule has 0 spiro atoms. The molecule has 234 valence electrons. The van der Waals surface area contributed by atoms with Crippen molar-refractivity contribution in [2.45, 2.75) is 59.4 Å². The van der Waals surface area contributed by atoms with Gasteiger partial charge in [-0.2, -0.15) is 0 Å². The third-order valence-corrected chi connectivity index (χ3v) is 7.49. The first-order valence-electron chi connectivity index (χ1n) is 14.4. The van der Waals surface area contributed by atoms with Crippen molar-refractivity contribution < 1.29 is 18.7 Å². The van der Waals surface area contributed by atoms with E-state index in [0.29, 0.717) is 30.3 Å². The summed E-state index contributed by atoms with van der Waals surface area (Å²) in [4.78, 5) is 27.9. The molecule has 2 amide bonds. The molecule has 10 heteroatoms. The molecule has 1 heterocycles. The van der Waals surface area contributed by atoms with Gasteiger partial charge in [-0.15, -0.1) is 17.9 Å². The van der Waals surface area contributed by atoms with Crippen LogP contribution in [0.4, 0.5) is 14.3 Å². The van der Waals surface area contributed by atoms with Crippen LogP contribution in [-0.4, -0.2) is 43.5 Å². The monoisotopic (exact) mass is 611 g/mol. The Morgan fingerprint density at radius 1 is 1.28 bits per heavy atom. The molecule has 0 radical (unpaired) electrons. The number of halogens is 1. The van der Waals surface area contributed by atoms with Crippen LogP contribution in [0.3, 0.4) is 0 Å². The molecule has 0 bridgehead atoms. The second-order valence-corrected chi connectivity index (χ2v) is 10.3. The van der Waals surface area contributed by atoms with Crippen LogP contribution in [0.2, 0.25) is 0 Å². The van der Waals surface area contributed by atoms with Crippen molar-refractivity contribution in [1.29, 1.82) is 5.41 Å². The summed E-state index contributed by atoms with van der Waals surface area (Å²) in [5.41, 5.74) is 8.31. The molecule has 3 atom stereocenters. The minimum absolute atomic E-state index is 0.138. The SMILES string of the molecule is C=CCC(/C=C\C)=C(\C=C/CF)c1csc(NC(=O)C2(C)CC(C=N)c3ccccc3C2NC)n1.CC.CCOC(N)=O. The van der Waals surface area contributed by atoms with Crippen LogP contribution in [0.15, 0.2) is 72.2 Å². The number of allylic oxidation sites excluding steroid dienone is 7. The van der Waals surface area contributed by atoms with E-state index in [0.717, 1.165) is 22.3 Å². The van der Waals surface area contributed by atoms with E-state index in [-0.39, 0.29) is 17.9 Å².